The van der Waals surface area contributed by atoms with Crippen LogP contribution in [0.25, 0.3) is 0 Å². The molecule has 1 fully saturated rings. The summed E-state index contributed by atoms with van der Waals surface area (Å²) in [4.78, 5) is 27.2. The zero-order chi connectivity index (χ0) is 23.6. The molecular formula is C25H31N3O4S. The van der Waals surface area contributed by atoms with Gasteiger partial charge in [-0.3, -0.25) is 14.5 Å². The van der Waals surface area contributed by atoms with Crippen molar-refractivity contribution < 1.29 is 18.0 Å². The molecule has 1 saturated heterocycles. The lowest BCUT2D eigenvalue weighted by Crippen LogP contribution is -2.47. The molecule has 33 heavy (non-hydrogen) atoms. The quantitative estimate of drug-likeness (QED) is 0.729. The highest BCUT2D eigenvalue weighted by molar-refractivity contribution is 7.89. The normalized spacial score (nSPS) is 19.1. The van der Waals surface area contributed by atoms with Crippen LogP contribution in [0.5, 0.6) is 0 Å². The number of hydrogen-bond donors (Lipinski definition) is 1. The molecule has 2 aromatic rings. The summed E-state index contributed by atoms with van der Waals surface area (Å²) in [6.07, 6.45) is 4.11. The first-order chi connectivity index (χ1) is 15.8. The lowest BCUT2D eigenvalue weighted by atomic mass is 10.1. The molecule has 0 unspecified atom stereocenters. The Morgan fingerprint density at radius 1 is 1.03 bits per heavy atom. The highest BCUT2D eigenvalue weighted by Gasteiger charge is 2.38. The zero-order valence-electron chi connectivity index (χ0n) is 19.2. The topological polar surface area (TPSA) is 86.8 Å². The molecule has 8 heteroatoms. The molecule has 1 atom stereocenters. The second kappa shape index (κ2) is 9.65. The number of rotatable bonds is 5. The molecule has 2 heterocycles. The number of fused-ring (bicyclic) bond motifs is 1. The Kier molecular flexibility index (Phi) is 6.86. The van der Waals surface area contributed by atoms with E-state index < -0.39 is 16.1 Å². The summed E-state index contributed by atoms with van der Waals surface area (Å²) in [6.45, 7) is 4.85. The van der Waals surface area contributed by atoms with Crippen LogP contribution in [0.1, 0.15) is 49.3 Å². The number of nitrogens with zero attached hydrogens (tertiary/aromatic N) is 2. The van der Waals surface area contributed by atoms with E-state index >= 15 is 0 Å². The Morgan fingerprint density at radius 3 is 2.39 bits per heavy atom. The van der Waals surface area contributed by atoms with E-state index in [1.807, 2.05) is 31.2 Å². The third-order valence-electron chi connectivity index (χ3n) is 6.59. The molecule has 0 spiro atoms. The van der Waals surface area contributed by atoms with Crippen molar-refractivity contribution in [2.45, 2.75) is 63.4 Å². The highest BCUT2D eigenvalue weighted by Crippen LogP contribution is 2.35. The van der Waals surface area contributed by atoms with Gasteiger partial charge in [-0.25, -0.2) is 8.42 Å². The molecule has 1 N–H and O–H groups in total. The van der Waals surface area contributed by atoms with Gasteiger partial charge < -0.3 is 5.32 Å². The summed E-state index contributed by atoms with van der Waals surface area (Å²) in [5.74, 6) is -0.491. The molecule has 0 aromatic heterocycles. The van der Waals surface area contributed by atoms with Gasteiger partial charge in [0.2, 0.25) is 21.8 Å². The Labute approximate surface area is 195 Å². The molecule has 4 rings (SSSR count). The van der Waals surface area contributed by atoms with Crippen molar-refractivity contribution in [3.8, 4) is 0 Å². The van der Waals surface area contributed by atoms with Gasteiger partial charge in [0.15, 0.2) is 0 Å². The first kappa shape index (κ1) is 23.4. The van der Waals surface area contributed by atoms with Crippen LogP contribution in [0.2, 0.25) is 0 Å². The Bertz CT molecular complexity index is 1150. The van der Waals surface area contributed by atoms with E-state index in [2.05, 4.69) is 5.32 Å². The maximum absolute atomic E-state index is 13.2. The number of carbonyl (C=O) groups is 2. The van der Waals surface area contributed by atoms with Crippen LogP contribution in [0.3, 0.4) is 0 Å². The van der Waals surface area contributed by atoms with Gasteiger partial charge in [0.1, 0.15) is 6.04 Å². The summed E-state index contributed by atoms with van der Waals surface area (Å²) < 4.78 is 28.0. The van der Waals surface area contributed by atoms with Crippen molar-refractivity contribution in [3.63, 3.8) is 0 Å². The van der Waals surface area contributed by atoms with Gasteiger partial charge in [0.25, 0.3) is 0 Å². The Morgan fingerprint density at radius 2 is 1.73 bits per heavy atom. The van der Waals surface area contributed by atoms with Crippen LogP contribution in [0.15, 0.2) is 47.4 Å². The van der Waals surface area contributed by atoms with Crippen molar-refractivity contribution in [1.29, 1.82) is 0 Å². The fourth-order valence-corrected chi connectivity index (χ4v) is 6.30. The summed E-state index contributed by atoms with van der Waals surface area (Å²) in [5, 5.41) is 2.95. The maximum Gasteiger partial charge on any atom is 0.243 e. The van der Waals surface area contributed by atoms with Crippen LogP contribution in [0, 0.1) is 6.92 Å². The molecular weight excluding hydrogens is 438 g/mol. The number of sulfonamides is 1. The van der Waals surface area contributed by atoms with E-state index in [1.54, 1.807) is 22.5 Å². The van der Waals surface area contributed by atoms with Crippen LogP contribution in [-0.4, -0.2) is 43.7 Å². The van der Waals surface area contributed by atoms with E-state index in [0.717, 1.165) is 36.8 Å². The lowest BCUT2D eigenvalue weighted by Gasteiger charge is -2.24. The van der Waals surface area contributed by atoms with E-state index in [9.17, 15) is 18.0 Å². The average molecular weight is 470 g/mol. The summed E-state index contributed by atoms with van der Waals surface area (Å²) in [6, 6.07) is 12.0. The van der Waals surface area contributed by atoms with Crippen molar-refractivity contribution in [1.82, 2.24) is 9.62 Å². The fourth-order valence-electron chi connectivity index (χ4n) is 4.73. The predicted octanol–water partition coefficient (Wildman–Crippen LogP) is 3.15. The second-order valence-electron chi connectivity index (χ2n) is 8.86. The second-order valence-corrected chi connectivity index (χ2v) is 10.8. The van der Waals surface area contributed by atoms with Crippen molar-refractivity contribution in [2.75, 3.05) is 18.0 Å². The first-order valence-corrected chi connectivity index (χ1v) is 13.0. The number of amides is 2. The molecule has 2 aliphatic rings. The van der Waals surface area contributed by atoms with Crippen molar-refractivity contribution in [2.24, 2.45) is 0 Å². The number of anilines is 1. The van der Waals surface area contributed by atoms with Gasteiger partial charge in [-0.05, 0) is 54.7 Å². The molecule has 7 nitrogen and oxygen atoms in total. The summed E-state index contributed by atoms with van der Waals surface area (Å²) in [5.41, 5.74) is 3.41. The van der Waals surface area contributed by atoms with Crippen molar-refractivity contribution >= 4 is 27.5 Å². The SMILES string of the molecule is CC(=O)N1c2ccc(S(=O)(=O)N3CCCCCC3)cc2C[C@H]1C(=O)NCc1ccccc1C. The molecule has 2 aromatic carbocycles. The first-order valence-electron chi connectivity index (χ1n) is 11.5. The zero-order valence-corrected chi connectivity index (χ0v) is 20.0. The number of carbonyl (C=O) groups excluding carboxylic acids is 2. The summed E-state index contributed by atoms with van der Waals surface area (Å²) in [7, 11) is -3.60. The largest absolute Gasteiger partial charge is 0.350 e. The number of nitrogens with one attached hydrogen (secondary N) is 1. The van der Waals surface area contributed by atoms with Gasteiger partial charge in [0.05, 0.1) is 4.90 Å². The van der Waals surface area contributed by atoms with Crippen LogP contribution < -0.4 is 10.2 Å². The standard InChI is InChI=1S/C25H31N3O4S/c1-18-9-5-6-10-20(18)17-26-25(30)24-16-21-15-22(11-12-23(21)28(24)19(2)29)33(31,32)27-13-7-3-4-8-14-27/h5-6,9-12,15,24H,3-4,7-8,13-14,16-17H2,1-2H3,(H,26,30)/t24-/m0/s1. The van der Waals surface area contributed by atoms with E-state index in [-0.39, 0.29) is 23.1 Å². The van der Waals surface area contributed by atoms with Crippen LogP contribution in [0.4, 0.5) is 5.69 Å². The minimum Gasteiger partial charge on any atom is -0.350 e. The van der Waals surface area contributed by atoms with Crippen molar-refractivity contribution in [3.05, 3.63) is 59.2 Å². The minimum absolute atomic E-state index is 0.229. The van der Waals surface area contributed by atoms with Gasteiger partial charge >= 0.3 is 0 Å². The van der Waals surface area contributed by atoms with E-state index in [0.29, 0.717) is 30.9 Å². The smallest absolute Gasteiger partial charge is 0.243 e. The van der Waals surface area contributed by atoms with E-state index in [1.165, 1.54) is 11.8 Å². The fraction of sp³-hybridized carbons (Fsp3) is 0.440. The Balaban J connectivity index is 1.55. The van der Waals surface area contributed by atoms with Crippen LogP contribution >= 0.6 is 0 Å². The van der Waals surface area contributed by atoms with E-state index in [4.69, 9.17) is 0 Å². The molecule has 176 valence electrons. The monoisotopic (exact) mass is 469 g/mol. The minimum atomic E-state index is -3.60. The number of aryl methyl sites for hydroxylation is 1. The third kappa shape index (κ3) is 4.82. The Hall–Kier alpha value is -2.71. The molecule has 2 aliphatic heterocycles. The van der Waals surface area contributed by atoms with Gasteiger partial charge in [0, 0.05) is 38.7 Å². The third-order valence-corrected chi connectivity index (χ3v) is 8.49. The number of benzene rings is 2. The number of hydrogen-bond acceptors (Lipinski definition) is 4. The molecule has 2 amide bonds. The summed E-state index contributed by atoms with van der Waals surface area (Å²) >= 11 is 0. The molecule has 0 bridgehead atoms. The molecule has 0 saturated carbocycles. The predicted molar refractivity (Wildman–Crippen MR) is 127 cm³/mol. The van der Waals surface area contributed by atoms with Gasteiger partial charge in [-0.2, -0.15) is 4.31 Å². The molecule has 0 aliphatic carbocycles. The average Bonchev–Trinajstić information content (AvgIpc) is 2.96. The molecule has 0 radical (unpaired) electrons. The highest BCUT2D eigenvalue weighted by atomic mass is 32.2. The van der Waals surface area contributed by atoms with Crippen LogP contribution in [-0.2, 0) is 32.6 Å². The lowest BCUT2D eigenvalue weighted by molar-refractivity contribution is -0.125. The van der Waals surface area contributed by atoms with Gasteiger partial charge in [-0.15, -0.1) is 0 Å². The maximum atomic E-state index is 13.2. The van der Waals surface area contributed by atoms with Gasteiger partial charge in [-0.1, -0.05) is 37.1 Å².